The van der Waals surface area contributed by atoms with E-state index in [1.54, 1.807) is 0 Å². The van der Waals surface area contributed by atoms with Crippen molar-refractivity contribution in [2.75, 3.05) is 0 Å². The summed E-state index contributed by atoms with van der Waals surface area (Å²) in [5.74, 6) is 0. The molecule has 0 N–H and O–H groups in total. The molecule has 1 aromatic carbocycles. The lowest BCUT2D eigenvalue weighted by atomic mass is 10.1. The second-order valence-electron chi connectivity index (χ2n) is 2.38. The molecule has 1 heteroatoms. The third kappa shape index (κ3) is 1.99. The highest BCUT2D eigenvalue weighted by atomic mass is 16.5. The van der Waals surface area contributed by atoms with Gasteiger partial charge in [0.25, 0.3) is 0 Å². The number of hydrogen-bond donors (Lipinski definition) is 0. The Morgan fingerprint density at radius 3 is 2.67 bits per heavy atom. The van der Waals surface area contributed by atoms with E-state index in [0.29, 0.717) is 6.61 Å². The Morgan fingerprint density at radius 2 is 2.00 bits per heavy atom. The molecular weight excluding hydrogens is 148 g/mol. The van der Waals surface area contributed by atoms with Crippen LogP contribution >= 0.6 is 0 Å². The van der Waals surface area contributed by atoms with E-state index >= 15 is 0 Å². The topological polar surface area (TPSA) is 9.23 Å². The van der Waals surface area contributed by atoms with Gasteiger partial charge in [-0.3, -0.25) is 0 Å². The highest BCUT2D eigenvalue weighted by molar-refractivity contribution is 5.51. The average Bonchev–Trinajstić information content (AvgIpc) is 2.15. The summed E-state index contributed by atoms with van der Waals surface area (Å²) < 4.78 is 5.08. The van der Waals surface area contributed by atoms with Gasteiger partial charge in [0.05, 0.1) is 6.26 Å². The third-order valence-electron chi connectivity index (χ3n) is 1.63. The molecule has 0 radical (unpaired) electrons. The lowest BCUT2D eigenvalue weighted by Crippen LogP contribution is -1.89. The van der Waals surface area contributed by atoms with E-state index in [-0.39, 0.29) is 0 Å². The molecule has 0 bridgehead atoms. The Hall–Kier alpha value is -1.50. The van der Waals surface area contributed by atoms with Gasteiger partial charge in [0.2, 0.25) is 0 Å². The minimum atomic E-state index is 0.561. The molecule has 0 aliphatic carbocycles. The van der Waals surface area contributed by atoms with Crippen molar-refractivity contribution in [1.82, 2.24) is 0 Å². The van der Waals surface area contributed by atoms with Gasteiger partial charge in [-0.15, -0.1) is 0 Å². The van der Waals surface area contributed by atoms with Gasteiger partial charge in [-0.1, -0.05) is 43.5 Å². The van der Waals surface area contributed by atoms with Crippen LogP contribution in [-0.4, -0.2) is 0 Å². The molecule has 0 saturated heterocycles. The van der Waals surface area contributed by atoms with Gasteiger partial charge >= 0.3 is 0 Å². The second-order valence-corrected chi connectivity index (χ2v) is 2.38. The highest BCUT2D eigenvalue weighted by Gasteiger charge is 1.95. The summed E-state index contributed by atoms with van der Waals surface area (Å²) in [6.07, 6.45) is 3.27. The third-order valence-corrected chi connectivity index (χ3v) is 1.63. The molecule has 62 valence electrons. The van der Waals surface area contributed by atoms with Gasteiger partial charge < -0.3 is 4.74 Å². The summed E-state index contributed by atoms with van der Waals surface area (Å²) in [6, 6.07) is 7.98. The summed E-state index contributed by atoms with van der Waals surface area (Å²) in [5.41, 5.74) is 2.24. The molecule has 0 unspecified atom stereocenters. The largest absolute Gasteiger partial charge is 0.497 e. The van der Waals surface area contributed by atoms with E-state index in [1.165, 1.54) is 6.26 Å². The van der Waals surface area contributed by atoms with Gasteiger partial charge in [0, 0.05) is 0 Å². The molecule has 12 heavy (non-hydrogen) atoms. The van der Waals surface area contributed by atoms with E-state index < -0.39 is 0 Å². The summed E-state index contributed by atoms with van der Waals surface area (Å²) >= 11 is 0. The van der Waals surface area contributed by atoms with E-state index in [0.717, 1.165) is 11.1 Å². The summed E-state index contributed by atoms with van der Waals surface area (Å²) in [6.45, 7) is 7.76. The Labute approximate surface area is 73.0 Å². The molecule has 0 fully saturated rings. The van der Waals surface area contributed by atoms with Crippen LogP contribution in [0.15, 0.2) is 43.7 Å². The normalized spacial score (nSPS) is 9.00. The number of benzene rings is 1. The standard InChI is InChI=1S/C11H12O/c1-3-10-7-5-6-8-11(10)9-12-4-2/h3-8H,1-2,9H2. The van der Waals surface area contributed by atoms with Crippen LogP contribution in [0, 0.1) is 0 Å². The minimum Gasteiger partial charge on any atom is -0.497 e. The van der Waals surface area contributed by atoms with Crippen molar-refractivity contribution in [3.8, 4) is 0 Å². The van der Waals surface area contributed by atoms with Crippen molar-refractivity contribution >= 4 is 6.08 Å². The molecule has 0 amide bonds. The lowest BCUT2D eigenvalue weighted by molar-refractivity contribution is 0.237. The first kappa shape index (κ1) is 8.60. The van der Waals surface area contributed by atoms with Crippen LogP contribution in [0.2, 0.25) is 0 Å². The van der Waals surface area contributed by atoms with E-state index in [4.69, 9.17) is 4.74 Å². The van der Waals surface area contributed by atoms with Gasteiger partial charge in [0.15, 0.2) is 0 Å². The maximum absolute atomic E-state index is 5.08. The van der Waals surface area contributed by atoms with Crippen molar-refractivity contribution < 1.29 is 4.74 Å². The van der Waals surface area contributed by atoms with Crippen LogP contribution in [0.1, 0.15) is 11.1 Å². The fraction of sp³-hybridized carbons (Fsp3) is 0.0909. The maximum Gasteiger partial charge on any atom is 0.113 e. The molecule has 0 aliphatic rings. The first-order valence-electron chi connectivity index (χ1n) is 3.81. The van der Waals surface area contributed by atoms with Gasteiger partial charge in [-0.25, -0.2) is 0 Å². The Morgan fingerprint density at radius 1 is 1.25 bits per heavy atom. The zero-order chi connectivity index (χ0) is 8.81. The molecule has 0 atom stereocenters. The van der Waals surface area contributed by atoms with Gasteiger partial charge in [-0.2, -0.15) is 0 Å². The van der Waals surface area contributed by atoms with Crippen molar-refractivity contribution in [3.63, 3.8) is 0 Å². The quantitative estimate of drug-likeness (QED) is 0.615. The summed E-state index contributed by atoms with van der Waals surface area (Å²) in [7, 11) is 0. The predicted octanol–water partition coefficient (Wildman–Crippen LogP) is 2.99. The molecule has 0 saturated carbocycles. The van der Waals surface area contributed by atoms with Crippen molar-refractivity contribution in [3.05, 3.63) is 54.8 Å². The highest BCUT2D eigenvalue weighted by Crippen LogP contribution is 2.10. The Bertz CT molecular complexity index is 276. The van der Waals surface area contributed by atoms with Crippen LogP contribution in [0.4, 0.5) is 0 Å². The SMILES string of the molecule is C=COCc1ccccc1C=C. The second kappa shape index (κ2) is 4.39. The minimum absolute atomic E-state index is 0.561. The van der Waals surface area contributed by atoms with Crippen LogP contribution in [-0.2, 0) is 11.3 Å². The number of rotatable bonds is 4. The molecule has 0 aliphatic heterocycles. The predicted molar refractivity (Wildman–Crippen MR) is 51.5 cm³/mol. The van der Waals surface area contributed by atoms with E-state index in [1.807, 2.05) is 30.3 Å². The zero-order valence-corrected chi connectivity index (χ0v) is 6.99. The zero-order valence-electron chi connectivity index (χ0n) is 6.99. The molecule has 1 aromatic rings. The van der Waals surface area contributed by atoms with Crippen molar-refractivity contribution in [2.45, 2.75) is 6.61 Å². The molecule has 1 rings (SSSR count). The van der Waals surface area contributed by atoms with Gasteiger partial charge in [-0.05, 0) is 11.1 Å². The number of hydrogen-bond acceptors (Lipinski definition) is 1. The Kier molecular flexibility index (Phi) is 3.15. The monoisotopic (exact) mass is 160 g/mol. The molecule has 0 spiro atoms. The first-order chi connectivity index (χ1) is 5.88. The van der Waals surface area contributed by atoms with Gasteiger partial charge in [0.1, 0.15) is 6.61 Å². The average molecular weight is 160 g/mol. The van der Waals surface area contributed by atoms with Crippen LogP contribution in [0.5, 0.6) is 0 Å². The van der Waals surface area contributed by atoms with Crippen molar-refractivity contribution in [2.24, 2.45) is 0 Å². The fourth-order valence-corrected chi connectivity index (χ4v) is 1.01. The molecule has 0 aromatic heterocycles. The maximum atomic E-state index is 5.08. The van der Waals surface area contributed by atoms with E-state index in [9.17, 15) is 0 Å². The van der Waals surface area contributed by atoms with Crippen LogP contribution in [0.25, 0.3) is 6.08 Å². The first-order valence-corrected chi connectivity index (χ1v) is 3.81. The summed E-state index contributed by atoms with van der Waals surface area (Å²) in [5, 5.41) is 0. The summed E-state index contributed by atoms with van der Waals surface area (Å²) in [4.78, 5) is 0. The van der Waals surface area contributed by atoms with Crippen LogP contribution < -0.4 is 0 Å². The van der Waals surface area contributed by atoms with Crippen molar-refractivity contribution in [1.29, 1.82) is 0 Å². The molecular formula is C11H12O. The Balaban J connectivity index is 2.81. The van der Waals surface area contributed by atoms with E-state index in [2.05, 4.69) is 13.2 Å². The molecule has 0 heterocycles. The van der Waals surface area contributed by atoms with Crippen LogP contribution in [0.3, 0.4) is 0 Å². The molecule has 1 nitrogen and oxygen atoms in total. The number of ether oxygens (including phenoxy) is 1. The fourth-order valence-electron chi connectivity index (χ4n) is 1.01. The smallest absolute Gasteiger partial charge is 0.113 e. The lowest BCUT2D eigenvalue weighted by Gasteiger charge is -2.04.